The van der Waals surface area contributed by atoms with Gasteiger partial charge in [0.1, 0.15) is 5.15 Å². The number of carbonyl (C=O) groups excluding carboxylic acids is 1. The van der Waals surface area contributed by atoms with Gasteiger partial charge in [-0.3, -0.25) is 14.4 Å². The van der Waals surface area contributed by atoms with Crippen molar-refractivity contribution < 1.29 is 4.79 Å². The van der Waals surface area contributed by atoms with Gasteiger partial charge in [-0.25, -0.2) is 0 Å². The lowest BCUT2D eigenvalue weighted by Gasteiger charge is -2.24. The van der Waals surface area contributed by atoms with Crippen LogP contribution in [0, 0.1) is 6.92 Å². The normalized spacial score (nSPS) is 18.5. The van der Waals surface area contributed by atoms with Gasteiger partial charge in [-0.1, -0.05) is 23.7 Å². The summed E-state index contributed by atoms with van der Waals surface area (Å²) in [5, 5.41) is 5.16. The number of nitrogens with zero attached hydrogens (tertiary/aromatic N) is 3. The largest absolute Gasteiger partial charge is 0.366 e. The van der Waals surface area contributed by atoms with E-state index in [0.29, 0.717) is 11.6 Å². The number of aromatic nitrogens is 2. The molecule has 0 saturated carbocycles. The lowest BCUT2D eigenvalue weighted by atomic mass is 10.0. The summed E-state index contributed by atoms with van der Waals surface area (Å²) in [4.78, 5) is 13.6. The third kappa shape index (κ3) is 3.12. The van der Waals surface area contributed by atoms with Crippen LogP contribution in [0.4, 0.5) is 0 Å². The Balaban J connectivity index is 1.80. The van der Waals surface area contributed by atoms with Crippen LogP contribution in [-0.2, 0) is 13.6 Å². The van der Waals surface area contributed by atoms with Crippen molar-refractivity contribution in [1.29, 1.82) is 0 Å². The molecule has 0 spiro atoms. The Morgan fingerprint density at radius 2 is 2.09 bits per heavy atom. The van der Waals surface area contributed by atoms with Gasteiger partial charge in [0.2, 0.25) is 5.91 Å². The molecule has 122 valence electrons. The zero-order valence-corrected chi connectivity index (χ0v) is 14.2. The van der Waals surface area contributed by atoms with Crippen LogP contribution < -0.4 is 5.73 Å². The third-order valence-electron chi connectivity index (χ3n) is 4.52. The molecule has 3 rings (SSSR count). The number of hydrogen-bond acceptors (Lipinski definition) is 3. The molecule has 0 aliphatic carbocycles. The van der Waals surface area contributed by atoms with Crippen LogP contribution in [0.15, 0.2) is 24.3 Å². The van der Waals surface area contributed by atoms with Crippen molar-refractivity contribution in [2.24, 2.45) is 12.8 Å². The highest BCUT2D eigenvalue weighted by molar-refractivity contribution is 6.30. The molecule has 2 N–H and O–H groups in total. The fourth-order valence-corrected chi connectivity index (χ4v) is 3.68. The molecular weight excluding hydrogens is 312 g/mol. The number of likely N-dealkylation sites (tertiary alicyclic amines) is 1. The molecule has 2 heterocycles. The van der Waals surface area contributed by atoms with Crippen molar-refractivity contribution in [1.82, 2.24) is 14.7 Å². The lowest BCUT2D eigenvalue weighted by molar-refractivity contribution is 0.100. The molecule has 0 unspecified atom stereocenters. The Morgan fingerprint density at radius 1 is 1.39 bits per heavy atom. The van der Waals surface area contributed by atoms with E-state index in [9.17, 15) is 4.79 Å². The van der Waals surface area contributed by atoms with Crippen LogP contribution in [0.3, 0.4) is 0 Å². The van der Waals surface area contributed by atoms with Gasteiger partial charge in [-0.05, 0) is 44.0 Å². The van der Waals surface area contributed by atoms with Crippen LogP contribution >= 0.6 is 11.6 Å². The fourth-order valence-electron chi connectivity index (χ4n) is 3.38. The highest BCUT2D eigenvalue weighted by atomic mass is 35.5. The average Bonchev–Trinajstić information content (AvgIpc) is 3.04. The molecule has 5 nitrogen and oxygen atoms in total. The summed E-state index contributed by atoms with van der Waals surface area (Å²) in [6, 6.07) is 7.79. The van der Waals surface area contributed by atoms with E-state index in [1.807, 2.05) is 26.1 Å². The molecule has 1 saturated heterocycles. The summed E-state index contributed by atoms with van der Waals surface area (Å²) in [5.74, 6) is -0.395. The Kier molecular flexibility index (Phi) is 4.41. The molecule has 1 aliphatic rings. The molecule has 1 fully saturated rings. The van der Waals surface area contributed by atoms with Crippen molar-refractivity contribution in [2.75, 3.05) is 6.54 Å². The number of halogens is 1. The lowest BCUT2D eigenvalue weighted by Crippen LogP contribution is -2.23. The second kappa shape index (κ2) is 6.34. The van der Waals surface area contributed by atoms with Gasteiger partial charge >= 0.3 is 0 Å². The van der Waals surface area contributed by atoms with Gasteiger partial charge in [0.05, 0.1) is 5.69 Å². The minimum Gasteiger partial charge on any atom is -0.366 e. The first-order chi connectivity index (χ1) is 11.0. The number of primary amides is 1. The zero-order chi connectivity index (χ0) is 16.6. The minimum absolute atomic E-state index is 0.298. The molecule has 1 atom stereocenters. The number of amides is 1. The van der Waals surface area contributed by atoms with E-state index in [0.717, 1.165) is 42.3 Å². The smallest absolute Gasteiger partial charge is 0.248 e. The Bertz CT molecular complexity index is 723. The topological polar surface area (TPSA) is 64.2 Å². The maximum Gasteiger partial charge on any atom is 0.248 e. The highest BCUT2D eigenvalue weighted by Crippen LogP contribution is 2.38. The second-order valence-electron chi connectivity index (χ2n) is 6.10. The summed E-state index contributed by atoms with van der Waals surface area (Å²) < 4.78 is 1.74. The first kappa shape index (κ1) is 16.0. The van der Waals surface area contributed by atoms with Gasteiger partial charge in [0.15, 0.2) is 0 Å². The van der Waals surface area contributed by atoms with Gasteiger partial charge in [0, 0.05) is 30.8 Å². The molecule has 1 aromatic heterocycles. The Hall–Kier alpha value is -1.85. The van der Waals surface area contributed by atoms with Crippen molar-refractivity contribution in [3.63, 3.8) is 0 Å². The number of aryl methyl sites for hydroxylation is 2. The van der Waals surface area contributed by atoms with E-state index in [1.54, 1.807) is 16.8 Å². The quantitative estimate of drug-likeness (QED) is 0.936. The minimum atomic E-state index is -0.395. The number of hydrogen-bond donors (Lipinski definition) is 1. The predicted octanol–water partition coefficient (Wildman–Crippen LogP) is 2.82. The fraction of sp³-hybridized carbons (Fsp3) is 0.412. The van der Waals surface area contributed by atoms with E-state index in [-0.39, 0.29) is 0 Å². The summed E-state index contributed by atoms with van der Waals surface area (Å²) in [5.41, 5.74) is 9.13. The van der Waals surface area contributed by atoms with Crippen molar-refractivity contribution in [3.8, 4) is 0 Å². The molecule has 0 radical (unpaired) electrons. The summed E-state index contributed by atoms with van der Waals surface area (Å²) in [6.07, 6.45) is 2.24. The van der Waals surface area contributed by atoms with Crippen molar-refractivity contribution in [2.45, 2.75) is 32.4 Å². The van der Waals surface area contributed by atoms with Gasteiger partial charge in [-0.15, -0.1) is 0 Å². The number of benzene rings is 1. The first-order valence-electron chi connectivity index (χ1n) is 7.79. The molecule has 1 aromatic carbocycles. The highest BCUT2D eigenvalue weighted by Gasteiger charge is 2.30. The summed E-state index contributed by atoms with van der Waals surface area (Å²) >= 11 is 6.44. The number of rotatable bonds is 4. The first-order valence-corrected chi connectivity index (χ1v) is 8.17. The van der Waals surface area contributed by atoms with E-state index in [4.69, 9.17) is 17.3 Å². The van der Waals surface area contributed by atoms with Crippen LogP contribution in [0.1, 0.15) is 46.1 Å². The maximum atomic E-state index is 11.2. The molecular formula is C17H21ClN4O. The molecule has 6 heteroatoms. The molecule has 0 bridgehead atoms. The second-order valence-corrected chi connectivity index (χ2v) is 6.46. The molecule has 1 aliphatic heterocycles. The van der Waals surface area contributed by atoms with Crippen LogP contribution in [0.5, 0.6) is 0 Å². The van der Waals surface area contributed by atoms with E-state index in [2.05, 4.69) is 10.00 Å². The average molecular weight is 333 g/mol. The Morgan fingerprint density at radius 3 is 2.65 bits per heavy atom. The van der Waals surface area contributed by atoms with E-state index < -0.39 is 5.91 Å². The van der Waals surface area contributed by atoms with E-state index >= 15 is 0 Å². The maximum absolute atomic E-state index is 11.2. The Labute approximate surface area is 141 Å². The monoisotopic (exact) mass is 332 g/mol. The van der Waals surface area contributed by atoms with Gasteiger partial charge in [0.25, 0.3) is 0 Å². The van der Waals surface area contributed by atoms with Crippen molar-refractivity contribution >= 4 is 17.5 Å². The third-order valence-corrected chi connectivity index (χ3v) is 4.97. The van der Waals surface area contributed by atoms with Crippen LogP contribution in [-0.4, -0.2) is 27.1 Å². The SMILES string of the molecule is Cc1nn(C)c(Cl)c1[C@H]1CCCN1Cc1ccc(C(N)=O)cc1. The molecule has 2 aromatic rings. The van der Waals surface area contributed by atoms with Crippen molar-refractivity contribution in [3.05, 3.63) is 51.8 Å². The summed E-state index contributed by atoms with van der Waals surface area (Å²) in [6.45, 7) is 3.88. The van der Waals surface area contributed by atoms with Crippen LogP contribution in [0.25, 0.3) is 0 Å². The van der Waals surface area contributed by atoms with Gasteiger partial charge in [-0.2, -0.15) is 5.10 Å². The van der Waals surface area contributed by atoms with Crippen LogP contribution in [0.2, 0.25) is 5.15 Å². The zero-order valence-electron chi connectivity index (χ0n) is 13.4. The molecule has 1 amide bonds. The van der Waals surface area contributed by atoms with Gasteiger partial charge < -0.3 is 5.73 Å². The number of carbonyl (C=O) groups is 1. The molecule has 23 heavy (non-hydrogen) atoms. The number of nitrogens with two attached hydrogens (primary N) is 1. The summed E-state index contributed by atoms with van der Waals surface area (Å²) in [7, 11) is 1.88. The predicted molar refractivity (Wildman–Crippen MR) is 90.3 cm³/mol. The standard InChI is InChI=1S/C17H21ClN4O/c1-11-15(16(18)21(2)20-11)14-4-3-9-22(14)10-12-5-7-13(8-6-12)17(19)23/h5-8,14H,3-4,9-10H2,1-2H3,(H2,19,23)/t14-/m1/s1. The van der Waals surface area contributed by atoms with E-state index in [1.165, 1.54) is 5.56 Å².